The van der Waals surface area contributed by atoms with Crippen molar-refractivity contribution in [3.05, 3.63) is 0 Å². The Morgan fingerprint density at radius 3 is 2.88 bits per heavy atom. The first-order chi connectivity index (χ1) is 7.75. The summed E-state index contributed by atoms with van der Waals surface area (Å²) in [5.41, 5.74) is 5.86. The third kappa shape index (κ3) is 4.49. The molecule has 0 aromatic heterocycles. The maximum Gasteiger partial charge on any atom is 0.224 e. The summed E-state index contributed by atoms with van der Waals surface area (Å²) in [6.45, 7) is 4.13. The molecule has 0 saturated heterocycles. The predicted molar refractivity (Wildman–Crippen MR) is 64.1 cm³/mol. The molecule has 3 N–H and O–H groups in total. The molecule has 0 bridgehead atoms. The van der Waals surface area contributed by atoms with E-state index in [9.17, 15) is 4.79 Å². The highest BCUT2D eigenvalue weighted by Gasteiger charge is 2.29. The zero-order chi connectivity index (χ0) is 11.8. The van der Waals surface area contributed by atoms with Gasteiger partial charge in [0, 0.05) is 19.2 Å². The van der Waals surface area contributed by atoms with E-state index < -0.39 is 0 Å². The maximum absolute atomic E-state index is 11.7. The van der Waals surface area contributed by atoms with Crippen molar-refractivity contribution in [2.75, 3.05) is 19.8 Å². The summed E-state index contributed by atoms with van der Waals surface area (Å²) >= 11 is 0. The molecule has 0 aliphatic heterocycles. The molecular weight excluding hydrogens is 204 g/mol. The van der Waals surface area contributed by atoms with E-state index in [0.29, 0.717) is 13.2 Å². The number of amides is 1. The number of nitrogens with two attached hydrogens (primary N) is 1. The number of ether oxygens (including phenoxy) is 1. The number of unbranched alkanes of at least 4 members (excludes halogenated alkanes) is 1. The van der Waals surface area contributed by atoms with E-state index in [4.69, 9.17) is 10.5 Å². The van der Waals surface area contributed by atoms with Crippen LogP contribution in [-0.2, 0) is 9.53 Å². The van der Waals surface area contributed by atoms with E-state index >= 15 is 0 Å². The lowest BCUT2D eigenvalue weighted by Gasteiger charge is -2.15. The molecule has 4 heteroatoms. The minimum atomic E-state index is 0.0237. The van der Waals surface area contributed by atoms with Crippen LogP contribution in [0, 0.1) is 5.92 Å². The van der Waals surface area contributed by atoms with Crippen molar-refractivity contribution in [3.63, 3.8) is 0 Å². The third-order valence-corrected chi connectivity index (χ3v) is 3.09. The van der Waals surface area contributed by atoms with Gasteiger partial charge in [-0.2, -0.15) is 0 Å². The Morgan fingerprint density at radius 1 is 1.44 bits per heavy atom. The highest BCUT2D eigenvalue weighted by molar-refractivity contribution is 5.79. The van der Waals surface area contributed by atoms with E-state index in [0.717, 1.165) is 38.7 Å². The molecule has 4 nitrogen and oxygen atoms in total. The first-order valence-corrected chi connectivity index (χ1v) is 6.36. The van der Waals surface area contributed by atoms with Crippen molar-refractivity contribution >= 4 is 5.91 Å². The summed E-state index contributed by atoms with van der Waals surface area (Å²) in [7, 11) is 0. The second-order valence-corrected chi connectivity index (χ2v) is 4.46. The Morgan fingerprint density at radius 2 is 2.25 bits per heavy atom. The monoisotopic (exact) mass is 228 g/mol. The van der Waals surface area contributed by atoms with Crippen LogP contribution in [0.4, 0.5) is 0 Å². The number of hydrogen-bond acceptors (Lipinski definition) is 3. The standard InChI is InChI=1S/C12H24N2O2/c1-2-3-8-16-9-7-14-12(15)10-5-4-6-11(10)13/h10-11H,2-9,13H2,1H3,(H,14,15). The SMILES string of the molecule is CCCCOCCNC(=O)C1CCCC1N. The zero-order valence-electron chi connectivity index (χ0n) is 10.2. The minimum absolute atomic E-state index is 0.0237. The summed E-state index contributed by atoms with van der Waals surface area (Å²) in [5, 5.41) is 2.89. The van der Waals surface area contributed by atoms with Gasteiger partial charge < -0.3 is 15.8 Å². The van der Waals surface area contributed by atoms with Gasteiger partial charge in [0.05, 0.1) is 12.5 Å². The topological polar surface area (TPSA) is 64.3 Å². The summed E-state index contributed by atoms with van der Waals surface area (Å²) < 4.78 is 5.37. The molecular formula is C12H24N2O2. The molecule has 0 aromatic rings. The van der Waals surface area contributed by atoms with E-state index in [1.165, 1.54) is 0 Å². The van der Waals surface area contributed by atoms with E-state index in [1.807, 2.05) is 0 Å². The van der Waals surface area contributed by atoms with Gasteiger partial charge in [-0.3, -0.25) is 4.79 Å². The molecule has 16 heavy (non-hydrogen) atoms. The van der Waals surface area contributed by atoms with Crippen molar-refractivity contribution in [2.45, 2.75) is 45.1 Å². The molecule has 94 valence electrons. The van der Waals surface area contributed by atoms with Crippen molar-refractivity contribution in [2.24, 2.45) is 11.7 Å². The van der Waals surface area contributed by atoms with Gasteiger partial charge in [0.15, 0.2) is 0 Å². The lowest BCUT2D eigenvalue weighted by molar-refractivity contribution is -0.125. The largest absolute Gasteiger partial charge is 0.380 e. The van der Waals surface area contributed by atoms with Crippen molar-refractivity contribution in [1.29, 1.82) is 0 Å². The highest BCUT2D eigenvalue weighted by Crippen LogP contribution is 2.23. The summed E-state index contributed by atoms with van der Waals surface area (Å²) in [4.78, 5) is 11.7. The lowest BCUT2D eigenvalue weighted by atomic mass is 10.0. The molecule has 0 heterocycles. The fourth-order valence-electron chi connectivity index (χ4n) is 2.04. The smallest absolute Gasteiger partial charge is 0.224 e. The maximum atomic E-state index is 11.7. The van der Waals surface area contributed by atoms with Gasteiger partial charge in [-0.15, -0.1) is 0 Å². The summed E-state index contributed by atoms with van der Waals surface area (Å²) in [6.07, 6.45) is 5.21. The highest BCUT2D eigenvalue weighted by atomic mass is 16.5. The molecule has 1 amide bonds. The van der Waals surface area contributed by atoms with Crippen LogP contribution in [0.3, 0.4) is 0 Å². The molecule has 0 spiro atoms. The first-order valence-electron chi connectivity index (χ1n) is 6.36. The normalized spacial score (nSPS) is 24.6. The van der Waals surface area contributed by atoms with Crippen LogP contribution in [0.25, 0.3) is 0 Å². The van der Waals surface area contributed by atoms with Crippen LogP contribution in [0.15, 0.2) is 0 Å². The Hall–Kier alpha value is -0.610. The molecule has 1 rings (SSSR count). The molecule has 0 radical (unpaired) electrons. The van der Waals surface area contributed by atoms with Gasteiger partial charge in [0.1, 0.15) is 0 Å². The van der Waals surface area contributed by atoms with Crippen LogP contribution in [-0.4, -0.2) is 31.7 Å². The molecule has 0 aromatic carbocycles. The predicted octanol–water partition coefficient (Wildman–Crippen LogP) is 1.05. The summed E-state index contributed by atoms with van der Waals surface area (Å²) in [5.74, 6) is 0.125. The number of hydrogen-bond donors (Lipinski definition) is 2. The Labute approximate surface area is 97.9 Å². The number of carbonyl (C=O) groups is 1. The number of rotatable bonds is 7. The van der Waals surface area contributed by atoms with Gasteiger partial charge in [0.25, 0.3) is 0 Å². The first kappa shape index (κ1) is 13.5. The lowest BCUT2D eigenvalue weighted by Crippen LogP contribution is -2.39. The van der Waals surface area contributed by atoms with Crippen LogP contribution in [0.5, 0.6) is 0 Å². The second-order valence-electron chi connectivity index (χ2n) is 4.46. The Balaban J connectivity index is 2.02. The van der Waals surface area contributed by atoms with E-state index in [2.05, 4.69) is 12.2 Å². The number of carbonyl (C=O) groups excluding carboxylic acids is 1. The molecule has 2 unspecified atom stereocenters. The average Bonchev–Trinajstić information content (AvgIpc) is 2.69. The van der Waals surface area contributed by atoms with Gasteiger partial charge >= 0.3 is 0 Å². The number of nitrogens with one attached hydrogen (secondary N) is 1. The van der Waals surface area contributed by atoms with Gasteiger partial charge in [-0.1, -0.05) is 19.8 Å². The van der Waals surface area contributed by atoms with Crippen LogP contribution in [0.1, 0.15) is 39.0 Å². The fourth-order valence-corrected chi connectivity index (χ4v) is 2.04. The van der Waals surface area contributed by atoms with Crippen molar-refractivity contribution in [3.8, 4) is 0 Å². The van der Waals surface area contributed by atoms with Crippen LogP contribution >= 0.6 is 0 Å². The fraction of sp³-hybridized carbons (Fsp3) is 0.917. The Bertz CT molecular complexity index is 209. The van der Waals surface area contributed by atoms with E-state index in [1.54, 1.807) is 0 Å². The average molecular weight is 228 g/mol. The third-order valence-electron chi connectivity index (χ3n) is 3.09. The minimum Gasteiger partial charge on any atom is -0.380 e. The van der Waals surface area contributed by atoms with Crippen molar-refractivity contribution < 1.29 is 9.53 Å². The molecule has 1 fully saturated rings. The molecule has 1 aliphatic rings. The quantitative estimate of drug-likeness (QED) is 0.640. The van der Waals surface area contributed by atoms with Crippen LogP contribution in [0.2, 0.25) is 0 Å². The van der Waals surface area contributed by atoms with Gasteiger partial charge in [0.2, 0.25) is 5.91 Å². The summed E-state index contributed by atoms with van der Waals surface area (Å²) in [6, 6.07) is 0.0565. The zero-order valence-corrected chi connectivity index (χ0v) is 10.2. The molecule has 2 atom stereocenters. The van der Waals surface area contributed by atoms with Crippen LogP contribution < -0.4 is 11.1 Å². The van der Waals surface area contributed by atoms with E-state index in [-0.39, 0.29) is 17.9 Å². The Kier molecular flexibility index (Phi) is 6.42. The molecule has 1 aliphatic carbocycles. The van der Waals surface area contributed by atoms with Gasteiger partial charge in [-0.05, 0) is 19.3 Å². The van der Waals surface area contributed by atoms with Crippen molar-refractivity contribution in [1.82, 2.24) is 5.32 Å². The molecule has 1 saturated carbocycles. The second kappa shape index (κ2) is 7.63. The van der Waals surface area contributed by atoms with Gasteiger partial charge in [-0.25, -0.2) is 0 Å².